The van der Waals surface area contributed by atoms with Crippen LogP contribution >= 0.6 is 0 Å². The van der Waals surface area contributed by atoms with Crippen molar-refractivity contribution in [1.29, 1.82) is 0 Å². The van der Waals surface area contributed by atoms with Gasteiger partial charge < -0.3 is 77.8 Å². The Morgan fingerprint density at radius 1 is 0.909 bits per heavy atom. The van der Waals surface area contributed by atoms with Crippen molar-refractivity contribution in [3.63, 3.8) is 0 Å². The molecule has 5 heterocycles. The summed E-state index contributed by atoms with van der Waals surface area (Å²) in [6.45, 7) is 18.3. The van der Waals surface area contributed by atoms with Gasteiger partial charge in [-0.15, -0.1) is 0 Å². The molecule has 3 fully saturated rings. The van der Waals surface area contributed by atoms with Crippen molar-refractivity contribution >= 4 is 34.6 Å². The van der Waals surface area contributed by atoms with E-state index in [-0.39, 0.29) is 55.9 Å². The molecule has 434 valence electrons. The molecule has 18 atom stereocenters. The van der Waals surface area contributed by atoms with Crippen molar-refractivity contribution in [3.05, 3.63) is 45.2 Å². The van der Waals surface area contributed by atoms with Crippen molar-refractivity contribution in [1.82, 2.24) is 14.8 Å². The van der Waals surface area contributed by atoms with Crippen LogP contribution in [0.4, 0.5) is 0 Å². The minimum atomic E-state index is -2.03. The first-order chi connectivity index (χ1) is 36.1. The Morgan fingerprint density at radius 2 is 1.58 bits per heavy atom. The van der Waals surface area contributed by atoms with Gasteiger partial charge in [0, 0.05) is 68.1 Å². The molecule has 0 saturated carbocycles. The van der Waals surface area contributed by atoms with Crippen molar-refractivity contribution in [3.8, 4) is 0 Å². The summed E-state index contributed by atoms with van der Waals surface area (Å²) >= 11 is 0. The first-order valence-electron chi connectivity index (χ1n) is 27.2. The molecular weight excluding hydrogens is 1000 g/mol. The van der Waals surface area contributed by atoms with Gasteiger partial charge in [0.15, 0.2) is 18.7 Å². The van der Waals surface area contributed by atoms with Gasteiger partial charge in [-0.25, -0.2) is 4.79 Å². The van der Waals surface area contributed by atoms with E-state index in [1.165, 1.54) is 34.3 Å². The normalized spacial score (nSPS) is 37.6. The van der Waals surface area contributed by atoms with Gasteiger partial charge in [0.2, 0.25) is 5.43 Å². The molecule has 0 aliphatic carbocycles. The van der Waals surface area contributed by atoms with Crippen molar-refractivity contribution in [2.24, 2.45) is 23.7 Å². The van der Waals surface area contributed by atoms with Gasteiger partial charge in [-0.3, -0.25) is 19.2 Å². The summed E-state index contributed by atoms with van der Waals surface area (Å²) in [5.74, 6) is -6.65. The van der Waals surface area contributed by atoms with Crippen molar-refractivity contribution in [2.75, 3.05) is 41.4 Å². The highest BCUT2D eigenvalue weighted by Gasteiger charge is 2.55. The summed E-state index contributed by atoms with van der Waals surface area (Å²) in [4.78, 5) is 69.1. The zero-order valence-electron chi connectivity index (χ0n) is 47.6. The Bertz CT molecular complexity index is 2450. The van der Waals surface area contributed by atoms with Crippen LogP contribution in [-0.4, -0.2) is 179 Å². The number of pyridine rings is 1. The number of methoxy groups -OCH3 is 2. The number of carboxylic acid groups (broad SMARTS) is 1. The topological polar surface area (TPSA) is 270 Å². The minimum absolute atomic E-state index is 0.0239. The number of aromatic nitrogens is 1. The molecule has 77 heavy (non-hydrogen) atoms. The molecule has 4 aliphatic heterocycles. The number of aryl methyl sites for hydroxylation is 1. The Morgan fingerprint density at radius 3 is 2.22 bits per heavy atom. The van der Waals surface area contributed by atoms with Crippen LogP contribution in [0, 0.1) is 23.7 Å². The molecular formula is C56H87N3O18. The number of aliphatic hydroxyl groups excluding tert-OH is 2. The molecule has 21 heteroatoms. The Kier molecular flexibility index (Phi) is 20.7. The first-order valence-corrected chi connectivity index (χ1v) is 27.2. The quantitative estimate of drug-likeness (QED) is 0.110. The van der Waals surface area contributed by atoms with E-state index >= 15 is 0 Å². The lowest BCUT2D eigenvalue weighted by Gasteiger charge is -2.50. The second kappa shape index (κ2) is 25.6. The number of likely N-dealkylation sites (N-methyl/N-ethyl adjacent to an activating group) is 1. The molecule has 5 N–H and O–H groups in total. The highest BCUT2D eigenvalue weighted by molar-refractivity contribution is 5.93. The summed E-state index contributed by atoms with van der Waals surface area (Å²) in [5.41, 5.74) is -3.02. The van der Waals surface area contributed by atoms with Crippen LogP contribution in [0.15, 0.2) is 23.1 Å². The fourth-order valence-corrected chi connectivity index (χ4v) is 12.2. The number of carboxylic acids is 1. The zero-order valence-corrected chi connectivity index (χ0v) is 47.6. The molecule has 0 amide bonds. The number of carbonyl (C=O) groups excluding carboxylic acids is 3. The van der Waals surface area contributed by atoms with E-state index in [0.717, 1.165) is 11.1 Å². The summed E-state index contributed by atoms with van der Waals surface area (Å²) in [6, 6.07) is 3.38. The summed E-state index contributed by atoms with van der Waals surface area (Å²) in [5, 5.41) is 48.5. The van der Waals surface area contributed by atoms with Crippen molar-refractivity contribution < 1.29 is 82.2 Å². The molecule has 1 aromatic carbocycles. The maximum atomic E-state index is 14.6. The highest BCUT2D eigenvalue weighted by atomic mass is 16.7. The van der Waals surface area contributed by atoms with E-state index in [1.54, 1.807) is 52.2 Å². The van der Waals surface area contributed by atoms with E-state index in [0.29, 0.717) is 49.9 Å². The van der Waals surface area contributed by atoms with E-state index in [2.05, 4.69) is 5.32 Å². The number of rotatable bonds is 17. The van der Waals surface area contributed by atoms with Crippen LogP contribution < -0.4 is 10.7 Å². The molecule has 0 unspecified atom stereocenters. The highest BCUT2D eigenvalue weighted by Crippen LogP contribution is 2.42. The van der Waals surface area contributed by atoms with E-state index < -0.39 is 119 Å². The first kappa shape index (κ1) is 62.2. The average Bonchev–Trinajstić information content (AvgIpc) is 3.38. The second-order valence-electron chi connectivity index (χ2n) is 23.0. The predicted octanol–water partition coefficient (Wildman–Crippen LogP) is 4.10. The molecule has 0 radical (unpaired) electrons. The number of esters is 2. The number of hydrogen-bond donors (Lipinski definition) is 5. The van der Waals surface area contributed by atoms with Crippen molar-refractivity contribution in [2.45, 2.75) is 212 Å². The number of aromatic carboxylic acids is 1. The molecule has 1 aromatic heterocycles. The Labute approximate surface area is 452 Å². The van der Waals surface area contributed by atoms with Crippen LogP contribution in [-0.2, 0) is 76.8 Å². The smallest absolute Gasteiger partial charge is 0.341 e. The number of Topliss-reactive ketones (excluding diaryl/α,β-unsaturated/α-hetero) is 1. The van der Waals surface area contributed by atoms with E-state index in [4.69, 9.17) is 42.6 Å². The number of aliphatic hydroxyl groups is 3. The number of carbonyl (C=O) groups is 4. The lowest BCUT2D eigenvalue weighted by atomic mass is 9.74. The van der Waals surface area contributed by atoms with Gasteiger partial charge in [-0.2, -0.15) is 0 Å². The molecule has 2 aromatic rings. The zero-order chi connectivity index (χ0) is 57.1. The third-order valence-corrected chi connectivity index (χ3v) is 16.8. The molecule has 0 spiro atoms. The van der Waals surface area contributed by atoms with Gasteiger partial charge in [0.25, 0.3) is 0 Å². The number of benzene rings is 1. The van der Waals surface area contributed by atoms with E-state index in [9.17, 15) is 44.4 Å². The molecule has 3 saturated heterocycles. The molecule has 0 bridgehead atoms. The Hall–Kier alpha value is -3.97. The summed E-state index contributed by atoms with van der Waals surface area (Å²) < 4.78 is 58.6. The standard InChI is InChI=1S/C56H87N3O18/c1-15-40-56(10,68)48(64)31(4)44(61)29(2)24-54(8,69-13)49(77-53-46(63)39(58(11)12)21-30(3)72-53)32(5)47(33(6)52(67)74-40)76-42-25-55(9,70-14)50(34(7)73-42)75-41(60)18-20-57-19-16-17-35-22-36-27-71-28-59-26-38(51(65)66)45(62)37(23-35)43(36)59/h22-23,26,29-34,39-40,42,46-50,53,57,63-64,68H,15-21,24-25,27-28H2,1-14H3,(H,65,66)/t29-,30+,31+,32+,33-,34+,39-,40-,42+,46+,47+,48-,49-,50+,53-,54-,55-,56-/m1/s1. The van der Waals surface area contributed by atoms with Gasteiger partial charge in [0.05, 0.1) is 60.6 Å². The summed E-state index contributed by atoms with van der Waals surface area (Å²) in [7, 11) is 6.72. The van der Waals surface area contributed by atoms with Gasteiger partial charge in [-0.1, -0.05) is 33.8 Å². The largest absolute Gasteiger partial charge is 0.477 e. The third kappa shape index (κ3) is 13.6. The molecule has 4 aliphatic rings. The number of cyclic esters (lactones) is 1. The van der Waals surface area contributed by atoms with Crippen LogP contribution in [0.3, 0.4) is 0 Å². The maximum absolute atomic E-state index is 14.6. The average molecular weight is 1090 g/mol. The maximum Gasteiger partial charge on any atom is 0.341 e. The van der Waals surface area contributed by atoms with Gasteiger partial charge >= 0.3 is 17.9 Å². The number of ketones is 1. The number of hydrogen-bond acceptors (Lipinski definition) is 19. The van der Waals surface area contributed by atoms with Crippen LogP contribution in [0.2, 0.25) is 0 Å². The van der Waals surface area contributed by atoms with Gasteiger partial charge in [-0.05, 0) is 106 Å². The van der Waals surface area contributed by atoms with E-state index in [1.807, 2.05) is 38.9 Å². The lowest BCUT2D eigenvalue weighted by molar-refractivity contribution is -0.320. The number of nitrogens with one attached hydrogen (secondary N) is 1. The Balaban J connectivity index is 1.19. The minimum Gasteiger partial charge on any atom is -0.477 e. The van der Waals surface area contributed by atoms with Crippen LogP contribution in [0.1, 0.15) is 129 Å². The monoisotopic (exact) mass is 1090 g/mol. The van der Waals surface area contributed by atoms with Gasteiger partial charge in [0.1, 0.15) is 41.5 Å². The predicted molar refractivity (Wildman–Crippen MR) is 281 cm³/mol. The summed E-state index contributed by atoms with van der Waals surface area (Å²) in [6.07, 6.45) is -7.05. The lowest BCUT2D eigenvalue weighted by Crippen LogP contribution is -2.61. The molecule has 21 nitrogen and oxygen atoms in total. The number of nitrogens with zero attached hydrogens (tertiary/aromatic N) is 2. The van der Waals surface area contributed by atoms with Crippen LogP contribution in [0.25, 0.3) is 10.9 Å². The third-order valence-electron chi connectivity index (χ3n) is 16.8. The second-order valence-corrected chi connectivity index (χ2v) is 23.0. The fourth-order valence-electron chi connectivity index (χ4n) is 12.2. The van der Waals surface area contributed by atoms with Crippen LogP contribution in [0.5, 0.6) is 0 Å². The molecule has 6 rings (SSSR count). The number of ether oxygens (including phenoxy) is 9. The SMILES string of the molecule is CC[C@H]1OC(=O)[C@H](C)[C@@H](O[C@H]2C[C@@](C)(OC)[C@@H](OC(=O)CCNCCCc3cc4c5c(c3)c(=O)c(C(=O)O)cn5COC4)[C@H](C)O2)[C@H](C)[C@@H](O[C@H]2O[C@@H](C)C[C@@H](N(C)C)[C@@H]2O)[C@](C)(OC)C[C@@H](C)C(=O)[C@H](C)[C@@H](O)[C@]1(C)O. The fraction of sp³-hybridized carbons (Fsp3) is 0.768.